The van der Waals surface area contributed by atoms with Gasteiger partial charge in [0.15, 0.2) is 0 Å². The van der Waals surface area contributed by atoms with Crippen LogP contribution in [-0.2, 0) is 0 Å². The Morgan fingerprint density at radius 2 is 1.94 bits per heavy atom. The van der Waals surface area contributed by atoms with Gasteiger partial charge in [0.25, 0.3) is 0 Å². The van der Waals surface area contributed by atoms with Gasteiger partial charge in [-0.05, 0) is 59.5 Å². The molecule has 0 aliphatic rings. The first-order chi connectivity index (χ1) is 8.76. The molecule has 0 saturated carbocycles. The van der Waals surface area contributed by atoms with Crippen LogP contribution in [0, 0.1) is 3.57 Å². The molecule has 1 aromatic heterocycles. The Kier molecular flexibility index (Phi) is 4.54. The molecule has 0 saturated heterocycles. The SMILES string of the molecule is CNC(c1ccc(I)cc1)c1ncccc1OC. The Morgan fingerprint density at radius 3 is 2.56 bits per heavy atom. The van der Waals surface area contributed by atoms with Crippen molar-refractivity contribution in [3.63, 3.8) is 0 Å². The molecule has 0 aliphatic heterocycles. The summed E-state index contributed by atoms with van der Waals surface area (Å²) in [6.45, 7) is 0. The molecule has 0 radical (unpaired) electrons. The lowest BCUT2D eigenvalue weighted by Gasteiger charge is -2.18. The molecule has 0 aliphatic carbocycles. The van der Waals surface area contributed by atoms with Crippen molar-refractivity contribution in [2.75, 3.05) is 14.2 Å². The van der Waals surface area contributed by atoms with E-state index in [-0.39, 0.29) is 6.04 Å². The van der Waals surface area contributed by atoms with Crippen LogP contribution in [0.4, 0.5) is 0 Å². The first-order valence-corrected chi connectivity index (χ1v) is 6.75. The van der Waals surface area contributed by atoms with E-state index in [4.69, 9.17) is 4.74 Å². The third-order valence-corrected chi connectivity index (χ3v) is 3.50. The summed E-state index contributed by atoms with van der Waals surface area (Å²) in [5.74, 6) is 0.801. The highest BCUT2D eigenvalue weighted by atomic mass is 127. The minimum absolute atomic E-state index is 0.0400. The van der Waals surface area contributed by atoms with E-state index >= 15 is 0 Å². The highest BCUT2D eigenvalue weighted by Gasteiger charge is 2.17. The molecule has 2 rings (SSSR count). The van der Waals surface area contributed by atoms with Gasteiger partial charge >= 0.3 is 0 Å². The van der Waals surface area contributed by atoms with Crippen LogP contribution in [0.25, 0.3) is 0 Å². The first-order valence-electron chi connectivity index (χ1n) is 5.68. The number of hydrogen-bond acceptors (Lipinski definition) is 3. The molecule has 94 valence electrons. The summed E-state index contributed by atoms with van der Waals surface area (Å²) in [7, 11) is 3.60. The van der Waals surface area contributed by atoms with Crippen LogP contribution in [0.2, 0.25) is 0 Å². The Morgan fingerprint density at radius 1 is 1.22 bits per heavy atom. The minimum atomic E-state index is 0.0400. The van der Waals surface area contributed by atoms with Crippen molar-refractivity contribution < 1.29 is 4.74 Å². The van der Waals surface area contributed by atoms with Gasteiger partial charge in [0.1, 0.15) is 11.4 Å². The van der Waals surface area contributed by atoms with Crippen LogP contribution < -0.4 is 10.1 Å². The second-order valence-corrected chi connectivity index (χ2v) is 5.11. The molecular formula is C14H15IN2O. The second-order valence-electron chi connectivity index (χ2n) is 3.86. The molecule has 0 fully saturated rings. The molecule has 3 nitrogen and oxygen atoms in total. The van der Waals surface area contributed by atoms with E-state index in [1.165, 1.54) is 9.13 Å². The number of rotatable bonds is 4. The van der Waals surface area contributed by atoms with E-state index in [1.807, 2.05) is 19.2 Å². The van der Waals surface area contributed by atoms with E-state index in [0.29, 0.717) is 0 Å². The number of ether oxygens (including phenoxy) is 1. The molecule has 1 heterocycles. The fourth-order valence-corrected chi connectivity index (χ4v) is 2.27. The van der Waals surface area contributed by atoms with E-state index in [0.717, 1.165) is 11.4 Å². The predicted octanol–water partition coefficient (Wildman–Crippen LogP) is 3.00. The summed E-state index contributed by atoms with van der Waals surface area (Å²) in [5.41, 5.74) is 2.08. The molecule has 1 N–H and O–H groups in total. The summed E-state index contributed by atoms with van der Waals surface area (Å²) in [5, 5.41) is 3.28. The van der Waals surface area contributed by atoms with Gasteiger partial charge in [-0.2, -0.15) is 0 Å². The number of nitrogens with zero attached hydrogens (tertiary/aromatic N) is 1. The van der Waals surface area contributed by atoms with Gasteiger partial charge in [-0.25, -0.2) is 0 Å². The highest BCUT2D eigenvalue weighted by molar-refractivity contribution is 14.1. The van der Waals surface area contributed by atoms with Crippen LogP contribution in [0.1, 0.15) is 17.3 Å². The average Bonchev–Trinajstić information content (AvgIpc) is 2.42. The third kappa shape index (κ3) is 2.81. The third-order valence-electron chi connectivity index (χ3n) is 2.79. The predicted molar refractivity (Wildman–Crippen MR) is 80.9 cm³/mol. The lowest BCUT2D eigenvalue weighted by Crippen LogP contribution is -2.19. The zero-order chi connectivity index (χ0) is 13.0. The quantitative estimate of drug-likeness (QED) is 0.858. The molecule has 18 heavy (non-hydrogen) atoms. The van der Waals surface area contributed by atoms with Gasteiger partial charge in [0, 0.05) is 9.77 Å². The monoisotopic (exact) mass is 354 g/mol. The van der Waals surface area contributed by atoms with Crippen LogP contribution in [0.15, 0.2) is 42.6 Å². The fourth-order valence-electron chi connectivity index (χ4n) is 1.91. The molecule has 2 aromatic rings. The largest absolute Gasteiger partial charge is 0.495 e. The van der Waals surface area contributed by atoms with E-state index in [1.54, 1.807) is 13.3 Å². The molecule has 0 bridgehead atoms. The van der Waals surface area contributed by atoms with Crippen LogP contribution >= 0.6 is 22.6 Å². The Labute approximate surface area is 121 Å². The summed E-state index contributed by atoms with van der Waals surface area (Å²) in [6.07, 6.45) is 1.79. The highest BCUT2D eigenvalue weighted by Crippen LogP contribution is 2.27. The maximum atomic E-state index is 5.37. The van der Waals surface area contributed by atoms with Crippen molar-refractivity contribution in [3.8, 4) is 5.75 Å². The van der Waals surface area contributed by atoms with Crippen molar-refractivity contribution in [1.82, 2.24) is 10.3 Å². The zero-order valence-electron chi connectivity index (χ0n) is 10.4. The number of nitrogens with one attached hydrogen (secondary N) is 1. The lowest BCUT2D eigenvalue weighted by atomic mass is 10.0. The van der Waals surface area contributed by atoms with Gasteiger partial charge in [-0.3, -0.25) is 4.98 Å². The van der Waals surface area contributed by atoms with Crippen LogP contribution in [0.5, 0.6) is 5.75 Å². The van der Waals surface area contributed by atoms with Gasteiger partial charge in [-0.1, -0.05) is 12.1 Å². The molecule has 4 heteroatoms. The number of pyridine rings is 1. The second kappa shape index (κ2) is 6.15. The summed E-state index contributed by atoms with van der Waals surface area (Å²) in [6, 6.07) is 12.3. The maximum Gasteiger partial charge on any atom is 0.142 e. The zero-order valence-corrected chi connectivity index (χ0v) is 12.5. The number of hydrogen-bond donors (Lipinski definition) is 1. The number of aromatic nitrogens is 1. The smallest absolute Gasteiger partial charge is 0.142 e. The fraction of sp³-hybridized carbons (Fsp3) is 0.214. The van der Waals surface area contributed by atoms with Gasteiger partial charge in [0.05, 0.1) is 13.2 Å². The topological polar surface area (TPSA) is 34.2 Å². The normalized spacial score (nSPS) is 12.2. The molecular weight excluding hydrogens is 339 g/mol. The number of methoxy groups -OCH3 is 1. The van der Waals surface area contributed by atoms with Gasteiger partial charge in [0.2, 0.25) is 0 Å². The summed E-state index contributed by atoms with van der Waals surface area (Å²) < 4.78 is 6.59. The Balaban J connectivity index is 2.41. The van der Waals surface area contributed by atoms with E-state index in [2.05, 4.69) is 57.2 Å². The maximum absolute atomic E-state index is 5.37. The van der Waals surface area contributed by atoms with Crippen molar-refractivity contribution in [1.29, 1.82) is 0 Å². The standard InChI is InChI=1S/C14H15IN2O/c1-16-13(10-5-7-11(15)8-6-10)14-12(18-2)4-3-9-17-14/h3-9,13,16H,1-2H3. The van der Waals surface area contributed by atoms with Crippen molar-refractivity contribution in [3.05, 3.63) is 57.4 Å². The average molecular weight is 354 g/mol. The van der Waals surface area contributed by atoms with Gasteiger partial charge in [-0.15, -0.1) is 0 Å². The summed E-state index contributed by atoms with van der Waals surface area (Å²) >= 11 is 2.30. The molecule has 1 atom stereocenters. The number of halogens is 1. The van der Waals surface area contributed by atoms with Crippen molar-refractivity contribution in [2.45, 2.75) is 6.04 Å². The van der Waals surface area contributed by atoms with Gasteiger partial charge < -0.3 is 10.1 Å². The summed E-state index contributed by atoms with van der Waals surface area (Å²) in [4.78, 5) is 4.43. The molecule has 0 spiro atoms. The number of benzene rings is 1. The Bertz CT molecular complexity index is 513. The van der Waals surface area contributed by atoms with Crippen molar-refractivity contribution >= 4 is 22.6 Å². The first kappa shape index (κ1) is 13.3. The molecule has 0 amide bonds. The lowest BCUT2D eigenvalue weighted by molar-refractivity contribution is 0.401. The van der Waals surface area contributed by atoms with Crippen LogP contribution in [0.3, 0.4) is 0 Å². The van der Waals surface area contributed by atoms with E-state index in [9.17, 15) is 0 Å². The minimum Gasteiger partial charge on any atom is -0.495 e. The molecule has 1 aromatic carbocycles. The Hall–Kier alpha value is -1.14. The van der Waals surface area contributed by atoms with Crippen molar-refractivity contribution in [2.24, 2.45) is 0 Å². The van der Waals surface area contributed by atoms with E-state index < -0.39 is 0 Å². The van der Waals surface area contributed by atoms with Crippen LogP contribution in [-0.4, -0.2) is 19.1 Å². The molecule has 1 unspecified atom stereocenters.